The van der Waals surface area contributed by atoms with Gasteiger partial charge in [-0.1, -0.05) is 45.4 Å². The van der Waals surface area contributed by atoms with Gasteiger partial charge in [0.25, 0.3) is 5.91 Å². The lowest BCUT2D eigenvalue weighted by Gasteiger charge is -2.38. The number of rotatable bonds is 8. The van der Waals surface area contributed by atoms with Crippen molar-refractivity contribution in [3.8, 4) is 5.75 Å². The van der Waals surface area contributed by atoms with Gasteiger partial charge in [0.15, 0.2) is 0 Å². The number of anilines is 1. The highest BCUT2D eigenvalue weighted by Gasteiger charge is 2.34. The van der Waals surface area contributed by atoms with Gasteiger partial charge in [-0.05, 0) is 63.8 Å². The number of nitrogens with one attached hydrogen (secondary N) is 1. The topological polar surface area (TPSA) is 82.1 Å². The van der Waals surface area contributed by atoms with Crippen LogP contribution in [-0.4, -0.2) is 72.2 Å². The second-order valence-corrected chi connectivity index (χ2v) is 11.9. The summed E-state index contributed by atoms with van der Waals surface area (Å²) >= 11 is 0. The summed E-state index contributed by atoms with van der Waals surface area (Å²) in [5, 5.41) is 13.0. The Balaban J connectivity index is 1.53. The van der Waals surface area contributed by atoms with E-state index in [1.54, 1.807) is 11.0 Å². The van der Waals surface area contributed by atoms with E-state index in [1.807, 2.05) is 19.1 Å². The molecule has 2 amide bonds. The van der Waals surface area contributed by atoms with Crippen molar-refractivity contribution in [3.63, 3.8) is 0 Å². The highest BCUT2D eigenvalue weighted by Crippen LogP contribution is 2.32. The largest absolute Gasteiger partial charge is 0.488 e. The van der Waals surface area contributed by atoms with Gasteiger partial charge in [-0.2, -0.15) is 0 Å². The lowest BCUT2D eigenvalue weighted by Crippen LogP contribution is -2.50. The SMILES string of the molecule is C[C@H](CO)N1C[C@H](C)[C@H](CN(C)CC2CCCCC2)Oc2ccc(NC(=O)C3CCCCC3)cc2C1=O. The molecule has 0 saturated heterocycles. The molecule has 1 aromatic rings. The van der Waals surface area contributed by atoms with Gasteiger partial charge >= 0.3 is 0 Å². The zero-order valence-corrected chi connectivity index (χ0v) is 23.1. The maximum absolute atomic E-state index is 13.7. The van der Waals surface area contributed by atoms with E-state index in [0.717, 1.165) is 44.7 Å². The van der Waals surface area contributed by atoms with Gasteiger partial charge < -0.3 is 25.0 Å². The van der Waals surface area contributed by atoms with Crippen LogP contribution in [0.1, 0.15) is 88.4 Å². The van der Waals surface area contributed by atoms with Crippen LogP contribution in [0.25, 0.3) is 0 Å². The number of likely N-dealkylation sites (N-methyl/N-ethyl adjacent to an activating group) is 1. The molecule has 1 aliphatic heterocycles. The number of hydrogen-bond acceptors (Lipinski definition) is 5. The van der Waals surface area contributed by atoms with E-state index in [0.29, 0.717) is 23.5 Å². The molecule has 0 aromatic heterocycles. The maximum Gasteiger partial charge on any atom is 0.258 e. The number of carbonyl (C=O) groups excluding carboxylic acids is 2. The number of carbonyl (C=O) groups is 2. The van der Waals surface area contributed by atoms with Crippen LogP contribution in [0.2, 0.25) is 0 Å². The fraction of sp³-hybridized carbons (Fsp3) is 0.733. The van der Waals surface area contributed by atoms with Crippen LogP contribution in [0.4, 0.5) is 5.69 Å². The maximum atomic E-state index is 13.7. The Morgan fingerprint density at radius 1 is 1.11 bits per heavy atom. The molecule has 7 heteroatoms. The smallest absolute Gasteiger partial charge is 0.258 e. The third kappa shape index (κ3) is 7.26. The first-order chi connectivity index (χ1) is 17.9. The van der Waals surface area contributed by atoms with E-state index < -0.39 is 0 Å². The van der Waals surface area contributed by atoms with E-state index in [9.17, 15) is 14.7 Å². The molecule has 2 saturated carbocycles. The van der Waals surface area contributed by atoms with Gasteiger partial charge in [0.05, 0.1) is 18.2 Å². The Morgan fingerprint density at radius 2 is 1.78 bits per heavy atom. The zero-order chi connectivity index (χ0) is 26.4. The quantitative estimate of drug-likeness (QED) is 0.515. The summed E-state index contributed by atoms with van der Waals surface area (Å²) in [5.41, 5.74) is 1.08. The minimum Gasteiger partial charge on any atom is -0.488 e. The van der Waals surface area contributed by atoms with Crippen molar-refractivity contribution in [1.82, 2.24) is 9.80 Å². The first-order valence-electron chi connectivity index (χ1n) is 14.6. The molecule has 37 heavy (non-hydrogen) atoms. The molecule has 1 heterocycles. The monoisotopic (exact) mass is 513 g/mol. The third-order valence-corrected chi connectivity index (χ3v) is 8.69. The van der Waals surface area contributed by atoms with E-state index in [2.05, 4.69) is 24.2 Å². The van der Waals surface area contributed by atoms with E-state index >= 15 is 0 Å². The molecular weight excluding hydrogens is 466 g/mol. The number of aliphatic hydroxyl groups is 1. The van der Waals surface area contributed by atoms with Gasteiger partial charge in [-0.25, -0.2) is 0 Å². The first kappa shape index (κ1) is 27.9. The van der Waals surface area contributed by atoms with E-state index in [1.165, 1.54) is 38.5 Å². The van der Waals surface area contributed by atoms with Gasteiger partial charge in [-0.3, -0.25) is 9.59 Å². The third-order valence-electron chi connectivity index (χ3n) is 8.69. The first-order valence-corrected chi connectivity index (χ1v) is 14.6. The minimum atomic E-state index is -0.304. The number of benzene rings is 1. The molecule has 3 atom stereocenters. The van der Waals surface area contributed by atoms with Crippen molar-refractivity contribution in [2.75, 3.05) is 38.6 Å². The molecule has 7 nitrogen and oxygen atoms in total. The van der Waals surface area contributed by atoms with Crippen molar-refractivity contribution in [2.24, 2.45) is 17.8 Å². The Bertz CT molecular complexity index is 910. The second kappa shape index (κ2) is 13.1. The van der Waals surface area contributed by atoms with Crippen LogP contribution in [-0.2, 0) is 4.79 Å². The lowest BCUT2D eigenvalue weighted by molar-refractivity contribution is -0.120. The van der Waals surface area contributed by atoms with Gasteiger partial charge in [0.1, 0.15) is 11.9 Å². The molecule has 2 fully saturated rings. The summed E-state index contributed by atoms with van der Waals surface area (Å²) in [7, 11) is 2.17. The number of aliphatic hydroxyl groups excluding tert-OH is 1. The molecule has 0 spiro atoms. The summed E-state index contributed by atoms with van der Waals surface area (Å²) in [4.78, 5) is 30.7. The summed E-state index contributed by atoms with van der Waals surface area (Å²) < 4.78 is 6.55. The molecule has 0 radical (unpaired) electrons. The molecule has 0 unspecified atom stereocenters. The fourth-order valence-electron chi connectivity index (χ4n) is 6.32. The van der Waals surface area contributed by atoms with Crippen LogP contribution < -0.4 is 10.1 Å². The highest BCUT2D eigenvalue weighted by atomic mass is 16.5. The van der Waals surface area contributed by atoms with Crippen molar-refractivity contribution in [1.29, 1.82) is 0 Å². The average Bonchev–Trinajstić information content (AvgIpc) is 2.91. The Kier molecular flexibility index (Phi) is 9.88. The van der Waals surface area contributed by atoms with E-state index in [4.69, 9.17) is 4.74 Å². The molecule has 206 valence electrons. The summed E-state index contributed by atoms with van der Waals surface area (Å²) in [5.74, 6) is 1.32. The standard InChI is InChI=1S/C30H47N3O4/c1-21-17-33(22(2)20-34)30(36)26-16-25(31-29(35)24-12-8-5-9-13-24)14-15-27(26)37-28(21)19-32(3)18-23-10-6-4-7-11-23/h14-16,21-24,28,34H,4-13,17-20H2,1-3H3,(H,31,35)/t21-,22+,28-/m0/s1. The predicted molar refractivity (Wildman–Crippen MR) is 147 cm³/mol. The normalized spacial score (nSPS) is 24.7. The van der Waals surface area contributed by atoms with Crippen LogP contribution in [0, 0.1) is 17.8 Å². The molecule has 1 aromatic carbocycles. The summed E-state index contributed by atoms with van der Waals surface area (Å²) in [6.07, 6.45) is 11.8. The van der Waals surface area contributed by atoms with Crippen LogP contribution in [0.3, 0.4) is 0 Å². The molecule has 0 bridgehead atoms. The number of fused-ring (bicyclic) bond motifs is 1. The molecule has 4 rings (SSSR count). The van der Waals surface area contributed by atoms with Crippen LogP contribution >= 0.6 is 0 Å². The number of ether oxygens (including phenoxy) is 1. The van der Waals surface area contributed by atoms with E-state index in [-0.39, 0.29) is 42.4 Å². The van der Waals surface area contributed by atoms with Crippen LogP contribution in [0.15, 0.2) is 18.2 Å². The van der Waals surface area contributed by atoms with Crippen LogP contribution in [0.5, 0.6) is 5.75 Å². The predicted octanol–water partition coefficient (Wildman–Crippen LogP) is 4.94. The fourth-order valence-corrected chi connectivity index (χ4v) is 6.32. The summed E-state index contributed by atoms with van der Waals surface area (Å²) in [6, 6.07) is 5.13. The molecule has 2 N–H and O–H groups in total. The minimum absolute atomic E-state index is 0.0373. The Labute approximate surface area is 222 Å². The van der Waals surface area contributed by atoms with Crippen molar-refractivity contribution in [3.05, 3.63) is 23.8 Å². The molecule has 2 aliphatic carbocycles. The van der Waals surface area contributed by atoms with Crippen molar-refractivity contribution in [2.45, 2.75) is 90.2 Å². The van der Waals surface area contributed by atoms with Gasteiger partial charge in [-0.15, -0.1) is 0 Å². The summed E-state index contributed by atoms with van der Waals surface area (Å²) in [6.45, 7) is 6.28. The zero-order valence-electron chi connectivity index (χ0n) is 23.1. The number of amides is 2. The van der Waals surface area contributed by atoms with Gasteiger partial charge in [0.2, 0.25) is 5.91 Å². The van der Waals surface area contributed by atoms with Crippen molar-refractivity contribution < 1.29 is 19.4 Å². The number of nitrogens with zero attached hydrogens (tertiary/aromatic N) is 2. The molecular formula is C30H47N3O4. The Hall–Kier alpha value is -2.12. The average molecular weight is 514 g/mol. The lowest BCUT2D eigenvalue weighted by atomic mass is 9.88. The second-order valence-electron chi connectivity index (χ2n) is 11.9. The number of hydrogen-bond donors (Lipinski definition) is 2. The van der Waals surface area contributed by atoms with Crippen molar-refractivity contribution >= 4 is 17.5 Å². The highest BCUT2D eigenvalue weighted by molar-refractivity contribution is 6.00. The molecule has 3 aliphatic rings. The van der Waals surface area contributed by atoms with Gasteiger partial charge in [0, 0.05) is 37.2 Å². The Morgan fingerprint density at radius 3 is 2.46 bits per heavy atom.